The second-order valence-electron chi connectivity index (χ2n) is 3.78. The van der Waals surface area contributed by atoms with Gasteiger partial charge in [-0.2, -0.15) is 0 Å². The number of rotatable bonds is 4. The topological polar surface area (TPSA) is 79.5 Å². The van der Waals surface area contributed by atoms with Gasteiger partial charge in [0.2, 0.25) is 5.91 Å². The van der Waals surface area contributed by atoms with Gasteiger partial charge in [-0.3, -0.25) is 10.1 Å². The van der Waals surface area contributed by atoms with Crippen LogP contribution in [0.15, 0.2) is 22.7 Å². The zero-order chi connectivity index (χ0) is 14.4. The van der Waals surface area contributed by atoms with Crippen molar-refractivity contribution in [3.8, 4) is 5.75 Å². The van der Waals surface area contributed by atoms with Gasteiger partial charge in [0.15, 0.2) is 0 Å². The van der Waals surface area contributed by atoms with Crippen molar-refractivity contribution in [3.63, 3.8) is 0 Å². The Kier molecular flexibility index (Phi) is 5.62. The number of methoxy groups -OCH3 is 1. The van der Waals surface area contributed by atoms with E-state index >= 15 is 0 Å². The van der Waals surface area contributed by atoms with Crippen LogP contribution in [0.5, 0.6) is 5.75 Å². The zero-order valence-electron chi connectivity index (χ0n) is 10.9. The lowest BCUT2D eigenvalue weighted by atomic mass is 10.2. The zero-order valence-corrected chi connectivity index (χ0v) is 12.5. The summed E-state index contributed by atoms with van der Waals surface area (Å²) in [6.07, 6.45) is 0. The van der Waals surface area contributed by atoms with E-state index in [2.05, 4.69) is 31.9 Å². The third-order valence-corrected chi connectivity index (χ3v) is 2.88. The lowest BCUT2D eigenvalue weighted by Crippen LogP contribution is -2.44. The Morgan fingerprint density at radius 3 is 2.63 bits per heavy atom. The molecule has 0 fully saturated rings. The molecule has 6 nitrogen and oxygen atoms in total. The number of carbonyl (C=O) groups excluding carboxylic acids is 2. The fourth-order valence-corrected chi connectivity index (χ4v) is 1.74. The minimum absolute atomic E-state index is 0.429. The van der Waals surface area contributed by atoms with Crippen LogP contribution in [0.25, 0.3) is 0 Å². The fourth-order valence-electron chi connectivity index (χ4n) is 1.37. The van der Waals surface area contributed by atoms with Crippen LogP contribution < -0.4 is 20.7 Å². The Morgan fingerprint density at radius 1 is 1.37 bits per heavy atom. The van der Waals surface area contributed by atoms with Crippen molar-refractivity contribution in [2.45, 2.75) is 13.0 Å². The van der Waals surface area contributed by atoms with Crippen molar-refractivity contribution >= 4 is 33.6 Å². The maximum atomic E-state index is 11.7. The monoisotopic (exact) mass is 329 g/mol. The molecule has 0 saturated heterocycles. The number of benzene rings is 1. The van der Waals surface area contributed by atoms with Gasteiger partial charge < -0.3 is 15.4 Å². The molecule has 0 aliphatic carbocycles. The molecule has 1 aromatic rings. The van der Waals surface area contributed by atoms with Gasteiger partial charge in [-0.15, -0.1) is 0 Å². The molecule has 0 aliphatic rings. The van der Waals surface area contributed by atoms with Gasteiger partial charge in [0, 0.05) is 11.5 Å². The van der Waals surface area contributed by atoms with E-state index in [4.69, 9.17) is 4.74 Å². The van der Waals surface area contributed by atoms with Crippen molar-refractivity contribution in [2.24, 2.45) is 0 Å². The van der Waals surface area contributed by atoms with E-state index in [0.717, 1.165) is 4.47 Å². The van der Waals surface area contributed by atoms with Crippen molar-refractivity contribution in [1.29, 1.82) is 0 Å². The molecular formula is C12H16BrN3O3. The number of anilines is 1. The molecule has 19 heavy (non-hydrogen) atoms. The molecule has 1 rings (SSSR count). The molecule has 0 aromatic heterocycles. The van der Waals surface area contributed by atoms with Crippen LogP contribution in [0.4, 0.5) is 10.5 Å². The predicted molar refractivity (Wildman–Crippen MR) is 76.4 cm³/mol. The Bertz CT molecular complexity index is 479. The van der Waals surface area contributed by atoms with Crippen LogP contribution >= 0.6 is 15.9 Å². The average molecular weight is 330 g/mol. The second kappa shape index (κ2) is 6.98. The highest BCUT2D eigenvalue weighted by atomic mass is 79.9. The van der Waals surface area contributed by atoms with Crippen molar-refractivity contribution in [3.05, 3.63) is 22.7 Å². The fraction of sp³-hybridized carbons (Fsp3) is 0.333. The van der Waals surface area contributed by atoms with E-state index in [1.54, 1.807) is 26.2 Å². The molecule has 0 spiro atoms. The Labute approximate surface area is 120 Å². The Morgan fingerprint density at radius 2 is 2.05 bits per heavy atom. The maximum absolute atomic E-state index is 11.7. The lowest BCUT2D eigenvalue weighted by Gasteiger charge is -2.17. The molecule has 1 unspecified atom stereocenters. The Balaban J connectivity index is 2.76. The molecule has 3 N–H and O–H groups in total. The molecule has 0 aliphatic heterocycles. The minimum atomic E-state index is -0.583. The largest absolute Gasteiger partial charge is 0.495 e. The summed E-state index contributed by atoms with van der Waals surface area (Å²) in [6, 6.07) is 4.28. The molecule has 0 bridgehead atoms. The smallest absolute Gasteiger partial charge is 0.321 e. The van der Waals surface area contributed by atoms with Crippen LogP contribution in [0.3, 0.4) is 0 Å². The first-order chi connectivity index (χ1) is 8.97. The number of halogens is 1. The Hall–Kier alpha value is -1.76. The number of hydrogen-bond acceptors (Lipinski definition) is 4. The first-order valence-electron chi connectivity index (χ1n) is 5.60. The van der Waals surface area contributed by atoms with Crippen LogP contribution in [0, 0.1) is 0 Å². The van der Waals surface area contributed by atoms with E-state index in [-0.39, 0.29) is 0 Å². The van der Waals surface area contributed by atoms with Crippen LogP contribution in [-0.2, 0) is 4.79 Å². The summed E-state index contributed by atoms with van der Waals surface area (Å²) in [5, 5.41) is 7.50. The summed E-state index contributed by atoms with van der Waals surface area (Å²) in [5.41, 5.74) is 0.663. The van der Waals surface area contributed by atoms with Crippen molar-refractivity contribution in [2.75, 3.05) is 19.5 Å². The molecule has 104 valence electrons. The highest BCUT2D eigenvalue weighted by Gasteiger charge is 2.16. The van der Waals surface area contributed by atoms with Crippen molar-refractivity contribution in [1.82, 2.24) is 10.6 Å². The standard InChI is InChI=1S/C12H16BrN3O3/c1-7(11(17)16-12(18)14-2)15-9-6-8(13)4-5-10(9)19-3/h4-7,15H,1-3H3,(H2,14,16,17,18). The number of urea groups is 1. The molecule has 7 heteroatoms. The quantitative estimate of drug-likeness (QED) is 0.785. The van der Waals surface area contributed by atoms with E-state index < -0.39 is 18.0 Å². The predicted octanol–water partition coefficient (Wildman–Crippen LogP) is 1.71. The first-order valence-corrected chi connectivity index (χ1v) is 6.40. The molecule has 1 aromatic carbocycles. The first kappa shape index (κ1) is 15.3. The third-order valence-electron chi connectivity index (χ3n) is 2.39. The summed E-state index contributed by atoms with van der Waals surface area (Å²) >= 11 is 3.34. The van der Waals surface area contributed by atoms with E-state index in [0.29, 0.717) is 11.4 Å². The van der Waals surface area contributed by atoms with E-state index in [1.165, 1.54) is 7.05 Å². The normalized spacial score (nSPS) is 11.4. The van der Waals surface area contributed by atoms with Crippen LogP contribution in [0.2, 0.25) is 0 Å². The van der Waals surface area contributed by atoms with E-state index in [9.17, 15) is 9.59 Å². The minimum Gasteiger partial charge on any atom is -0.495 e. The second-order valence-corrected chi connectivity index (χ2v) is 4.69. The molecular weight excluding hydrogens is 314 g/mol. The maximum Gasteiger partial charge on any atom is 0.321 e. The molecule has 0 heterocycles. The van der Waals surface area contributed by atoms with Gasteiger partial charge in [0.05, 0.1) is 12.8 Å². The lowest BCUT2D eigenvalue weighted by molar-refractivity contribution is -0.120. The van der Waals surface area contributed by atoms with Gasteiger partial charge in [0.25, 0.3) is 0 Å². The SMILES string of the molecule is CNC(=O)NC(=O)C(C)Nc1cc(Br)ccc1OC. The van der Waals surface area contributed by atoms with Gasteiger partial charge in [-0.25, -0.2) is 4.79 Å². The summed E-state index contributed by atoms with van der Waals surface area (Å²) in [4.78, 5) is 22.8. The number of nitrogens with one attached hydrogen (secondary N) is 3. The molecule has 0 radical (unpaired) electrons. The van der Waals surface area contributed by atoms with Gasteiger partial charge in [0.1, 0.15) is 11.8 Å². The summed E-state index contributed by atoms with van der Waals surface area (Å²) < 4.78 is 6.05. The summed E-state index contributed by atoms with van der Waals surface area (Å²) in [6.45, 7) is 1.65. The van der Waals surface area contributed by atoms with Crippen LogP contribution in [-0.4, -0.2) is 32.1 Å². The van der Waals surface area contributed by atoms with Crippen LogP contribution in [0.1, 0.15) is 6.92 Å². The highest BCUT2D eigenvalue weighted by Crippen LogP contribution is 2.28. The van der Waals surface area contributed by atoms with Gasteiger partial charge in [-0.05, 0) is 25.1 Å². The average Bonchev–Trinajstić information content (AvgIpc) is 2.38. The van der Waals surface area contributed by atoms with Gasteiger partial charge >= 0.3 is 6.03 Å². The van der Waals surface area contributed by atoms with Gasteiger partial charge in [-0.1, -0.05) is 15.9 Å². The molecule has 0 saturated carbocycles. The third kappa shape index (κ3) is 4.44. The number of hydrogen-bond donors (Lipinski definition) is 3. The number of carbonyl (C=O) groups is 2. The van der Waals surface area contributed by atoms with E-state index in [1.807, 2.05) is 6.07 Å². The highest BCUT2D eigenvalue weighted by molar-refractivity contribution is 9.10. The molecule has 1 atom stereocenters. The number of ether oxygens (including phenoxy) is 1. The molecule has 3 amide bonds. The number of amides is 3. The summed E-state index contributed by atoms with van der Waals surface area (Å²) in [5.74, 6) is 0.184. The summed E-state index contributed by atoms with van der Waals surface area (Å²) in [7, 11) is 2.99. The van der Waals surface area contributed by atoms with Crippen molar-refractivity contribution < 1.29 is 14.3 Å². The number of imide groups is 1.